The number of hydrogen-bond acceptors (Lipinski definition) is 5. The molecule has 2 N–H and O–H groups in total. The van der Waals surface area contributed by atoms with Crippen molar-refractivity contribution in [1.29, 1.82) is 0 Å². The molecule has 0 saturated heterocycles. The van der Waals surface area contributed by atoms with Gasteiger partial charge in [-0.25, -0.2) is 15.0 Å². The normalized spacial score (nSPS) is 10.8. The summed E-state index contributed by atoms with van der Waals surface area (Å²) in [6.45, 7) is 4.02. The van der Waals surface area contributed by atoms with Gasteiger partial charge in [-0.15, -0.1) is 0 Å². The molecule has 0 atom stereocenters. The molecule has 3 rings (SSSR count). The van der Waals surface area contributed by atoms with E-state index < -0.39 is 0 Å². The maximum Gasteiger partial charge on any atom is 0.257 e. The number of hydrogen-bond donors (Lipinski definition) is 2. The lowest BCUT2D eigenvalue weighted by Crippen LogP contribution is -2.13. The van der Waals surface area contributed by atoms with Crippen molar-refractivity contribution in [1.82, 2.24) is 15.0 Å². The largest absolute Gasteiger partial charge is 0.325 e. The van der Waals surface area contributed by atoms with E-state index in [-0.39, 0.29) is 27.7 Å². The summed E-state index contributed by atoms with van der Waals surface area (Å²) in [5.41, 5.74) is 1.62. The third kappa shape index (κ3) is 4.90. The predicted octanol–water partition coefficient (Wildman–Crippen LogP) is 5.95. The monoisotopic (exact) mass is 435 g/mol. The second kappa shape index (κ2) is 8.73. The molecule has 2 aromatic heterocycles. The van der Waals surface area contributed by atoms with Crippen molar-refractivity contribution in [2.75, 3.05) is 10.6 Å². The van der Waals surface area contributed by atoms with Crippen molar-refractivity contribution >= 4 is 58.0 Å². The zero-order valence-corrected chi connectivity index (χ0v) is 17.3. The van der Waals surface area contributed by atoms with Crippen LogP contribution in [0.4, 0.5) is 17.3 Å². The number of aromatic nitrogens is 3. The lowest BCUT2D eigenvalue weighted by Gasteiger charge is -2.11. The zero-order valence-electron chi connectivity index (χ0n) is 15.0. The van der Waals surface area contributed by atoms with Gasteiger partial charge in [0.05, 0.1) is 21.3 Å². The number of halogens is 3. The van der Waals surface area contributed by atoms with Gasteiger partial charge in [0.15, 0.2) is 0 Å². The third-order valence-electron chi connectivity index (χ3n) is 3.78. The Balaban J connectivity index is 1.79. The van der Waals surface area contributed by atoms with E-state index in [2.05, 4.69) is 25.6 Å². The van der Waals surface area contributed by atoms with Crippen molar-refractivity contribution < 1.29 is 4.79 Å². The van der Waals surface area contributed by atoms with Crippen LogP contribution in [0.1, 0.15) is 35.8 Å². The Labute approximate surface area is 177 Å². The fourth-order valence-electron chi connectivity index (χ4n) is 2.38. The lowest BCUT2D eigenvalue weighted by molar-refractivity contribution is 0.102. The molecule has 0 aliphatic rings. The van der Waals surface area contributed by atoms with E-state index in [9.17, 15) is 4.79 Å². The Morgan fingerprint density at radius 2 is 1.82 bits per heavy atom. The van der Waals surface area contributed by atoms with Crippen LogP contribution in [0.25, 0.3) is 0 Å². The topological polar surface area (TPSA) is 79.8 Å². The molecule has 0 aliphatic heterocycles. The average Bonchev–Trinajstić information content (AvgIpc) is 2.63. The fraction of sp³-hybridized carbons (Fsp3) is 0.158. The van der Waals surface area contributed by atoms with Crippen molar-refractivity contribution in [2.24, 2.45) is 0 Å². The first-order valence-corrected chi connectivity index (χ1v) is 9.50. The first kappa shape index (κ1) is 20.3. The van der Waals surface area contributed by atoms with Gasteiger partial charge in [0, 0.05) is 24.0 Å². The van der Waals surface area contributed by atoms with E-state index >= 15 is 0 Å². The van der Waals surface area contributed by atoms with Gasteiger partial charge in [-0.3, -0.25) is 4.79 Å². The van der Waals surface area contributed by atoms with Crippen molar-refractivity contribution in [3.8, 4) is 0 Å². The fourth-order valence-corrected chi connectivity index (χ4v) is 2.96. The number of pyridine rings is 1. The molecule has 0 bridgehead atoms. The van der Waals surface area contributed by atoms with E-state index in [4.69, 9.17) is 34.8 Å². The Morgan fingerprint density at radius 1 is 1.04 bits per heavy atom. The number of amides is 1. The SMILES string of the molecule is CC(C)c1cc(Nc2cc(NC(=O)c3cccc(Cl)c3Cl)ccn2)nc(Cl)n1. The quantitative estimate of drug-likeness (QED) is 0.483. The van der Waals surface area contributed by atoms with Crippen LogP contribution in [-0.4, -0.2) is 20.9 Å². The van der Waals surface area contributed by atoms with E-state index in [1.807, 2.05) is 13.8 Å². The summed E-state index contributed by atoms with van der Waals surface area (Å²) in [5, 5.41) is 6.50. The molecule has 0 saturated carbocycles. The highest BCUT2D eigenvalue weighted by atomic mass is 35.5. The number of benzene rings is 1. The van der Waals surface area contributed by atoms with Crippen LogP contribution in [0, 0.1) is 0 Å². The van der Waals surface area contributed by atoms with Crippen molar-refractivity contribution in [3.05, 3.63) is 69.2 Å². The molecule has 1 aromatic carbocycles. The number of nitrogens with zero attached hydrogens (tertiary/aromatic N) is 3. The maximum absolute atomic E-state index is 12.5. The summed E-state index contributed by atoms with van der Waals surface area (Å²) in [7, 11) is 0. The molecule has 144 valence electrons. The first-order valence-electron chi connectivity index (χ1n) is 8.36. The molecule has 6 nitrogen and oxygen atoms in total. The number of carbonyl (C=O) groups excluding carboxylic acids is 1. The minimum Gasteiger partial charge on any atom is -0.325 e. The Bertz CT molecular complexity index is 1030. The molecule has 28 heavy (non-hydrogen) atoms. The van der Waals surface area contributed by atoms with Crippen LogP contribution in [0.2, 0.25) is 15.3 Å². The molecule has 0 unspecified atom stereocenters. The van der Waals surface area contributed by atoms with Gasteiger partial charge in [0.25, 0.3) is 5.91 Å². The van der Waals surface area contributed by atoms with E-state index in [0.717, 1.165) is 5.69 Å². The van der Waals surface area contributed by atoms with E-state index in [1.54, 1.807) is 42.6 Å². The molecule has 1 amide bonds. The smallest absolute Gasteiger partial charge is 0.257 e. The summed E-state index contributed by atoms with van der Waals surface area (Å²) >= 11 is 18.1. The standard InChI is InChI=1S/C19H16Cl3N5O/c1-10(2)14-9-16(27-19(22)25-14)26-15-8-11(6-7-23-15)24-18(28)12-4-3-5-13(20)17(12)21/h3-10H,1-2H3,(H2,23,24,25,26,27,28). The molecule has 0 spiro atoms. The van der Waals surface area contributed by atoms with Crippen LogP contribution < -0.4 is 10.6 Å². The van der Waals surface area contributed by atoms with Gasteiger partial charge in [0.2, 0.25) is 5.28 Å². The van der Waals surface area contributed by atoms with Crippen LogP contribution in [-0.2, 0) is 0 Å². The highest BCUT2D eigenvalue weighted by molar-refractivity contribution is 6.44. The summed E-state index contributed by atoms with van der Waals surface area (Å²) in [5.74, 6) is 0.816. The first-order chi connectivity index (χ1) is 13.3. The number of carbonyl (C=O) groups is 1. The Hall–Kier alpha value is -2.41. The molecule has 0 radical (unpaired) electrons. The van der Waals surface area contributed by atoms with Gasteiger partial charge in [-0.05, 0) is 35.7 Å². The molecular formula is C19H16Cl3N5O. The van der Waals surface area contributed by atoms with Gasteiger partial charge in [-0.2, -0.15) is 0 Å². The van der Waals surface area contributed by atoms with Gasteiger partial charge >= 0.3 is 0 Å². The maximum atomic E-state index is 12.5. The molecule has 3 aromatic rings. The van der Waals surface area contributed by atoms with Crippen molar-refractivity contribution in [3.63, 3.8) is 0 Å². The van der Waals surface area contributed by atoms with Crippen LogP contribution >= 0.6 is 34.8 Å². The molecular weight excluding hydrogens is 421 g/mol. The van der Waals surface area contributed by atoms with E-state index in [0.29, 0.717) is 22.3 Å². The predicted molar refractivity (Wildman–Crippen MR) is 113 cm³/mol. The van der Waals surface area contributed by atoms with Gasteiger partial charge in [0.1, 0.15) is 11.6 Å². The summed E-state index contributed by atoms with van der Waals surface area (Å²) in [6.07, 6.45) is 1.56. The summed E-state index contributed by atoms with van der Waals surface area (Å²) in [6, 6.07) is 10.0. The Morgan fingerprint density at radius 3 is 2.57 bits per heavy atom. The average molecular weight is 437 g/mol. The van der Waals surface area contributed by atoms with Crippen LogP contribution in [0.3, 0.4) is 0 Å². The second-order valence-corrected chi connectivity index (χ2v) is 7.34. The summed E-state index contributed by atoms with van der Waals surface area (Å²) in [4.78, 5) is 25.1. The number of rotatable bonds is 5. The molecule has 9 heteroatoms. The zero-order chi connectivity index (χ0) is 20.3. The van der Waals surface area contributed by atoms with Gasteiger partial charge in [-0.1, -0.05) is 43.1 Å². The van der Waals surface area contributed by atoms with Crippen LogP contribution in [0.5, 0.6) is 0 Å². The Kier molecular flexibility index (Phi) is 6.34. The minimum absolute atomic E-state index is 0.147. The minimum atomic E-state index is -0.378. The molecule has 0 aliphatic carbocycles. The third-order valence-corrected chi connectivity index (χ3v) is 4.77. The number of anilines is 3. The highest BCUT2D eigenvalue weighted by Crippen LogP contribution is 2.27. The van der Waals surface area contributed by atoms with E-state index in [1.165, 1.54) is 0 Å². The highest BCUT2D eigenvalue weighted by Gasteiger charge is 2.13. The molecule has 2 heterocycles. The molecule has 0 fully saturated rings. The lowest BCUT2D eigenvalue weighted by atomic mass is 10.1. The summed E-state index contributed by atoms with van der Waals surface area (Å²) < 4.78 is 0. The van der Waals surface area contributed by atoms with Crippen molar-refractivity contribution in [2.45, 2.75) is 19.8 Å². The van der Waals surface area contributed by atoms with Crippen LogP contribution in [0.15, 0.2) is 42.6 Å². The second-order valence-electron chi connectivity index (χ2n) is 6.21. The number of nitrogens with one attached hydrogen (secondary N) is 2. The van der Waals surface area contributed by atoms with Gasteiger partial charge < -0.3 is 10.6 Å².